The van der Waals surface area contributed by atoms with Crippen LogP contribution in [0.1, 0.15) is 60.6 Å². The van der Waals surface area contributed by atoms with Crippen molar-refractivity contribution in [2.75, 3.05) is 47.1 Å². The Bertz CT molecular complexity index is 1150. The molecule has 2 aromatic rings. The molecule has 1 heterocycles. The maximum Gasteiger partial charge on any atom is 0.490 e. The Balaban J connectivity index is 0.000000860. The number of aliphatic hydroxyl groups is 1. The number of halogens is 3. The lowest BCUT2D eigenvalue weighted by molar-refractivity contribution is -0.192. The molecular weight excluding hydrogens is 585 g/mol. The maximum atomic E-state index is 12.8. The third-order valence-electron chi connectivity index (χ3n) is 6.87. The van der Waals surface area contributed by atoms with Crippen molar-refractivity contribution in [3.05, 3.63) is 59.7 Å². The Morgan fingerprint density at radius 2 is 1.48 bits per heavy atom. The highest BCUT2D eigenvalue weighted by Crippen LogP contribution is 2.23. The zero-order chi connectivity index (χ0) is 32.5. The number of aliphatic carboxylic acids is 1. The number of methoxy groups -OCH3 is 2. The van der Waals surface area contributed by atoms with Crippen molar-refractivity contribution < 1.29 is 52.0 Å². The first kappa shape index (κ1) is 36.5. The molecule has 1 aliphatic heterocycles. The van der Waals surface area contributed by atoms with Crippen LogP contribution in [0.4, 0.5) is 13.2 Å². The molecule has 44 heavy (non-hydrogen) atoms. The van der Waals surface area contributed by atoms with Gasteiger partial charge in [0.25, 0.3) is 0 Å². The minimum atomic E-state index is -5.08. The number of alkyl halides is 3. The van der Waals surface area contributed by atoms with Crippen molar-refractivity contribution in [1.82, 2.24) is 10.2 Å². The number of unbranched alkanes of at least 4 members (excludes halogenated alkanes) is 1. The number of ketones is 1. The third-order valence-corrected chi connectivity index (χ3v) is 6.87. The Hall–Kier alpha value is -3.68. The second kappa shape index (κ2) is 18.9. The van der Waals surface area contributed by atoms with Crippen molar-refractivity contribution in [3.8, 4) is 11.5 Å². The summed E-state index contributed by atoms with van der Waals surface area (Å²) in [7, 11) is 3.21. The number of carboxylic acids is 1. The van der Waals surface area contributed by atoms with Crippen LogP contribution in [0.2, 0.25) is 0 Å². The third kappa shape index (κ3) is 13.3. The fourth-order valence-electron chi connectivity index (χ4n) is 4.48. The van der Waals surface area contributed by atoms with Crippen LogP contribution in [-0.2, 0) is 14.3 Å². The summed E-state index contributed by atoms with van der Waals surface area (Å²) < 4.78 is 47.5. The number of aliphatic hydroxyl groups excluding tert-OH is 1. The smallest absolute Gasteiger partial charge is 0.490 e. The van der Waals surface area contributed by atoms with Crippen molar-refractivity contribution in [1.29, 1.82) is 0 Å². The Kier molecular flexibility index (Phi) is 15.7. The first-order valence-electron chi connectivity index (χ1n) is 14.3. The molecule has 13 heteroatoms. The van der Waals surface area contributed by atoms with Crippen molar-refractivity contribution in [3.63, 3.8) is 0 Å². The molecule has 0 bridgehead atoms. The van der Waals surface area contributed by atoms with E-state index in [4.69, 9.17) is 24.1 Å². The monoisotopic (exact) mass is 626 g/mol. The lowest BCUT2D eigenvalue weighted by atomic mass is 10.0. The minimum Gasteiger partial charge on any atom is -0.497 e. The molecule has 0 spiro atoms. The minimum absolute atomic E-state index is 0.0556. The fourth-order valence-corrected chi connectivity index (χ4v) is 4.48. The van der Waals surface area contributed by atoms with E-state index in [2.05, 4.69) is 10.2 Å². The number of carboxylic acid groups (broad SMARTS) is 1. The van der Waals surface area contributed by atoms with Gasteiger partial charge in [0, 0.05) is 32.1 Å². The first-order valence-corrected chi connectivity index (χ1v) is 14.3. The maximum absolute atomic E-state index is 12.8. The van der Waals surface area contributed by atoms with E-state index >= 15 is 0 Å². The van der Waals surface area contributed by atoms with E-state index in [1.807, 2.05) is 24.3 Å². The highest BCUT2D eigenvalue weighted by molar-refractivity contribution is 5.96. The summed E-state index contributed by atoms with van der Waals surface area (Å²) in [5.74, 6) is -1.39. The number of ether oxygens (including phenoxy) is 3. The van der Waals surface area contributed by atoms with Crippen LogP contribution in [0, 0.1) is 0 Å². The molecule has 2 aromatic carbocycles. The topological polar surface area (TPSA) is 135 Å². The molecule has 0 aromatic heterocycles. The number of carbonyl (C=O) groups is 3. The van der Waals surface area contributed by atoms with E-state index in [1.54, 1.807) is 38.5 Å². The lowest BCUT2D eigenvalue weighted by Crippen LogP contribution is -2.46. The van der Waals surface area contributed by atoms with E-state index in [1.165, 1.54) is 0 Å². The number of hydrogen-bond acceptors (Lipinski definition) is 8. The number of rotatable bonds is 16. The van der Waals surface area contributed by atoms with Crippen molar-refractivity contribution in [2.45, 2.75) is 56.8 Å². The number of Topliss-reactive ketones (excluding diaryl/α,β-unsaturated/α-hetero) is 1. The van der Waals surface area contributed by atoms with E-state index in [0.29, 0.717) is 62.5 Å². The molecule has 1 amide bonds. The number of benzene rings is 2. The van der Waals surface area contributed by atoms with Gasteiger partial charge in [-0.3, -0.25) is 9.59 Å². The second-order valence-electron chi connectivity index (χ2n) is 10.2. The summed E-state index contributed by atoms with van der Waals surface area (Å²) in [6.45, 7) is 3.49. The van der Waals surface area contributed by atoms with Crippen LogP contribution in [0.5, 0.6) is 11.5 Å². The van der Waals surface area contributed by atoms with Gasteiger partial charge in [0.05, 0.1) is 19.8 Å². The van der Waals surface area contributed by atoms with Crippen molar-refractivity contribution >= 4 is 17.7 Å². The normalized spacial score (nSPS) is 14.6. The van der Waals surface area contributed by atoms with E-state index in [-0.39, 0.29) is 11.7 Å². The van der Waals surface area contributed by atoms with Crippen molar-refractivity contribution in [2.24, 2.45) is 0 Å². The molecule has 0 aliphatic carbocycles. The average molecular weight is 627 g/mol. The number of nitrogens with zero attached hydrogens (tertiary/aromatic N) is 1. The number of amides is 1. The van der Waals surface area contributed by atoms with Crippen LogP contribution in [0.15, 0.2) is 48.5 Å². The molecule has 244 valence electrons. The molecular formula is C31H41F3N2O8. The van der Waals surface area contributed by atoms with E-state index < -0.39 is 24.3 Å². The van der Waals surface area contributed by atoms with Crippen LogP contribution in [-0.4, -0.2) is 92.1 Å². The summed E-state index contributed by atoms with van der Waals surface area (Å²) in [6, 6.07) is 14.0. The first-order chi connectivity index (χ1) is 20.9. The molecule has 0 radical (unpaired) electrons. The summed E-state index contributed by atoms with van der Waals surface area (Å²) in [4.78, 5) is 36.4. The average Bonchev–Trinajstić information content (AvgIpc) is 3.52. The molecule has 1 saturated heterocycles. The van der Waals surface area contributed by atoms with Gasteiger partial charge in [0.1, 0.15) is 24.2 Å². The van der Waals surface area contributed by atoms with Gasteiger partial charge in [-0.05, 0) is 80.7 Å². The van der Waals surface area contributed by atoms with Gasteiger partial charge in [0.2, 0.25) is 5.91 Å². The molecule has 10 nitrogen and oxygen atoms in total. The van der Waals surface area contributed by atoms with E-state index in [0.717, 1.165) is 31.5 Å². The van der Waals surface area contributed by atoms with Gasteiger partial charge in [-0.2, -0.15) is 13.2 Å². The Labute approximate surface area is 255 Å². The standard InChI is InChI=1S/C29H40N2O6.C2HF3O2/c1-35-19-20-37-25-15-11-23(12-16-25)29(34)26(21-31-17-5-6-18-31)30-28(33)8-4-3-7-27(32)22-9-13-24(36-2)14-10-22;3-2(4,5)1(6)7/h9-16,26,29,34H,3-8,17-21H2,1-2H3,(H,30,33);(H,6,7). The number of hydrogen-bond donors (Lipinski definition) is 3. The van der Waals surface area contributed by atoms with Gasteiger partial charge in [-0.25, -0.2) is 4.79 Å². The second-order valence-corrected chi connectivity index (χ2v) is 10.2. The number of likely N-dealkylation sites (tertiary alicyclic amines) is 1. The van der Waals surface area contributed by atoms with Gasteiger partial charge in [-0.1, -0.05) is 12.1 Å². The summed E-state index contributed by atoms with van der Waals surface area (Å²) in [6.07, 6.45) is -1.73. The van der Waals surface area contributed by atoms with Gasteiger partial charge < -0.3 is 34.6 Å². The Morgan fingerprint density at radius 1 is 0.909 bits per heavy atom. The molecule has 2 unspecified atom stereocenters. The summed E-state index contributed by atoms with van der Waals surface area (Å²) in [5.41, 5.74) is 1.38. The fraction of sp³-hybridized carbons (Fsp3) is 0.516. The number of carbonyl (C=O) groups excluding carboxylic acids is 2. The van der Waals surface area contributed by atoms with Crippen LogP contribution in [0.3, 0.4) is 0 Å². The predicted octanol–water partition coefficient (Wildman–Crippen LogP) is 4.41. The Morgan fingerprint density at radius 3 is 2.02 bits per heavy atom. The molecule has 0 saturated carbocycles. The zero-order valence-corrected chi connectivity index (χ0v) is 25.0. The largest absolute Gasteiger partial charge is 0.497 e. The SMILES string of the molecule is COCCOc1ccc(C(O)C(CN2CCCC2)NC(=O)CCCCC(=O)c2ccc(OC)cc2)cc1.O=C(O)C(F)(F)F. The molecule has 1 aliphatic rings. The number of nitrogens with one attached hydrogen (secondary N) is 1. The molecule has 1 fully saturated rings. The van der Waals surface area contributed by atoms with Gasteiger partial charge >= 0.3 is 12.1 Å². The van der Waals surface area contributed by atoms with E-state index in [9.17, 15) is 27.9 Å². The molecule has 3 N–H and O–H groups in total. The van der Waals surface area contributed by atoms with Crippen LogP contribution >= 0.6 is 0 Å². The van der Waals surface area contributed by atoms with Gasteiger partial charge in [0.15, 0.2) is 5.78 Å². The highest BCUT2D eigenvalue weighted by atomic mass is 19.4. The van der Waals surface area contributed by atoms with Gasteiger partial charge in [-0.15, -0.1) is 0 Å². The summed E-state index contributed by atoms with van der Waals surface area (Å²) >= 11 is 0. The van der Waals surface area contributed by atoms with Crippen LogP contribution in [0.25, 0.3) is 0 Å². The highest BCUT2D eigenvalue weighted by Gasteiger charge is 2.38. The quantitative estimate of drug-likeness (QED) is 0.183. The summed E-state index contributed by atoms with van der Waals surface area (Å²) in [5, 5.41) is 21.3. The van der Waals surface area contributed by atoms with Crippen LogP contribution < -0.4 is 14.8 Å². The lowest BCUT2D eigenvalue weighted by Gasteiger charge is -2.29. The molecule has 3 rings (SSSR count). The molecule has 2 atom stereocenters. The predicted molar refractivity (Wildman–Crippen MR) is 156 cm³/mol. The zero-order valence-electron chi connectivity index (χ0n) is 25.0.